The van der Waals surface area contributed by atoms with Gasteiger partial charge in [0.25, 0.3) is 0 Å². The number of benzene rings is 3. The first-order valence-electron chi connectivity index (χ1n) is 6.80. The molecule has 0 aliphatic rings. The summed E-state index contributed by atoms with van der Waals surface area (Å²) in [6.45, 7) is 0. The van der Waals surface area contributed by atoms with Gasteiger partial charge in [-0.1, -0.05) is 102 Å². The lowest BCUT2D eigenvalue weighted by Gasteiger charge is -2.20. The maximum atomic E-state index is 3.74. The Hall–Kier alpha value is -0.683. The van der Waals surface area contributed by atoms with Gasteiger partial charge in [-0.3, -0.25) is 0 Å². The van der Waals surface area contributed by atoms with Crippen LogP contribution in [0.3, 0.4) is 0 Å². The molecule has 22 heavy (non-hydrogen) atoms. The molecule has 3 rings (SSSR count). The third kappa shape index (κ3) is 3.30. The van der Waals surface area contributed by atoms with Crippen molar-refractivity contribution in [3.05, 3.63) is 86.2 Å². The van der Waals surface area contributed by atoms with Gasteiger partial charge in [0.05, 0.1) is 0 Å². The highest BCUT2D eigenvalue weighted by atomic mass is 79.9. The predicted molar refractivity (Wildman–Crippen MR) is 107 cm³/mol. The number of rotatable bonds is 3. The number of halogens is 3. The predicted octanol–water partition coefficient (Wildman–Crippen LogP) is 4.49. The lowest BCUT2D eigenvalue weighted by molar-refractivity contribution is 1.65. The van der Waals surface area contributed by atoms with E-state index in [0.29, 0.717) is 0 Å². The van der Waals surface area contributed by atoms with E-state index in [4.69, 9.17) is 0 Å². The highest BCUT2D eigenvalue weighted by Crippen LogP contribution is 2.14. The quantitative estimate of drug-likeness (QED) is 0.371. The fraction of sp³-hybridized carbons (Fsp3) is 0. The van der Waals surface area contributed by atoms with Crippen molar-refractivity contribution in [1.29, 1.82) is 0 Å². The Morgan fingerprint density at radius 2 is 0.727 bits per heavy atom. The average Bonchev–Trinajstić information content (AvgIpc) is 2.53. The molecule has 3 aromatic rings. The standard InChI is InChI=1S/C18H12Br3Si/c19-13-7-1-4-10-16(13)22(17-11-5-2-8-14(17)20)18-12-6-3-9-15(18)21/h1-12H. The van der Waals surface area contributed by atoms with Crippen LogP contribution in [0, 0.1) is 0 Å². The fourth-order valence-electron chi connectivity index (χ4n) is 2.43. The zero-order valence-corrected chi connectivity index (χ0v) is 17.3. The second-order valence-corrected chi connectivity index (χ2v) is 9.74. The molecule has 0 saturated heterocycles. The van der Waals surface area contributed by atoms with Gasteiger partial charge < -0.3 is 0 Å². The van der Waals surface area contributed by atoms with Crippen LogP contribution in [0.15, 0.2) is 86.2 Å². The zero-order chi connectivity index (χ0) is 15.5. The second-order valence-electron chi connectivity index (χ2n) is 4.81. The summed E-state index contributed by atoms with van der Waals surface area (Å²) in [6, 6.07) is 25.5. The van der Waals surface area contributed by atoms with Crippen molar-refractivity contribution in [3.8, 4) is 0 Å². The molecule has 3 aromatic carbocycles. The lowest BCUT2D eigenvalue weighted by Crippen LogP contribution is -2.53. The molecule has 0 bridgehead atoms. The summed E-state index contributed by atoms with van der Waals surface area (Å²) < 4.78 is 3.49. The van der Waals surface area contributed by atoms with E-state index in [0.717, 1.165) is 13.4 Å². The van der Waals surface area contributed by atoms with Crippen LogP contribution in [0.2, 0.25) is 0 Å². The van der Waals surface area contributed by atoms with E-state index in [-0.39, 0.29) is 0 Å². The van der Waals surface area contributed by atoms with Crippen molar-refractivity contribution in [3.63, 3.8) is 0 Å². The second kappa shape index (κ2) is 7.26. The first kappa shape index (κ1) is 16.2. The first-order valence-corrected chi connectivity index (χ1v) is 10.7. The SMILES string of the molecule is Brc1ccccc1[Si](c1ccccc1Br)c1ccccc1Br. The summed E-state index contributed by atoms with van der Waals surface area (Å²) in [4.78, 5) is 0. The molecule has 4 heteroatoms. The molecule has 0 aliphatic heterocycles. The molecule has 109 valence electrons. The Balaban J connectivity index is 2.27. The number of hydrogen-bond donors (Lipinski definition) is 0. The molecule has 0 atom stereocenters. The van der Waals surface area contributed by atoms with Crippen molar-refractivity contribution in [2.24, 2.45) is 0 Å². The highest BCUT2D eigenvalue weighted by Gasteiger charge is 2.25. The highest BCUT2D eigenvalue weighted by molar-refractivity contribution is 9.11. The van der Waals surface area contributed by atoms with Crippen molar-refractivity contribution >= 4 is 72.1 Å². The van der Waals surface area contributed by atoms with Gasteiger partial charge in [-0.15, -0.1) is 0 Å². The van der Waals surface area contributed by atoms with Crippen molar-refractivity contribution in [1.82, 2.24) is 0 Å². The molecule has 0 unspecified atom stereocenters. The average molecular weight is 496 g/mol. The minimum atomic E-state index is -1.11. The van der Waals surface area contributed by atoms with E-state index in [1.54, 1.807) is 0 Å². The lowest BCUT2D eigenvalue weighted by atomic mass is 10.3. The largest absolute Gasteiger partial charge is 0.158 e. The third-order valence-electron chi connectivity index (χ3n) is 3.43. The minimum Gasteiger partial charge on any atom is -0.0623 e. The maximum absolute atomic E-state index is 3.74. The van der Waals surface area contributed by atoms with Crippen LogP contribution in [0.1, 0.15) is 0 Å². The Bertz CT molecular complexity index is 693. The molecule has 0 heterocycles. The summed E-state index contributed by atoms with van der Waals surface area (Å²) in [6.07, 6.45) is 0. The maximum Gasteiger partial charge on any atom is 0.158 e. The Morgan fingerprint density at radius 3 is 1.00 bits per heavy atom. The van der Waals surface area contributed by atoms with Crippen molar-refractivity contribution < 1.29 is 0 Å². The van der Waals surface area contributed by atoms with E-state index in [9.17, 15) is 0 Å². The van der Waals surface area contributed by atoms with E-state index in [1.807, 2.05) is 0 Å². The molecule has 0 nitrogen and oxygen atoms in total. The van der Waals surface area contributed by atoms with Gasteiger partial charge in [0.2, 0.25) is 0 Å². The Kier molecular flexibility index (Phi) is 5.34. The van der Waals surface area contributed by atoms with Gasteiger partial charge in [0, 0.05) is 13.4 Å². The van der Waals surface area contributed by atoms with Crippen LogP contribution in [-0.2, 0) is 0 Å². The van der Waals surface area contributed by atoms with Crippen LogP contribution in [-0.4, -0.2) is 8.80 Å². The molecule has 0 spiro atoms. The monoisotopic (exact) mass is 493 g/mol. The van der Waals surface area contributed by atoms with E-state index < -0.39 is 8.80 Å². The topological polar surface area (TPSA) is 0 Å². The van der Waals surface area contributed by atoms with Gasteiger partial charge in [-0.05, 0) is 33.8 Å². The van der Waals surface area contributed by atoms with Crippen LogP contribution >= 0.6 is 47.8 Å². The zero-order valence-electron chi connectivity index (χ0n) is 11.6. The van der Waals surface area contributed by atoms with Gasteiger partial charge in [-0.25, -0.2) is 0 Å². The number of hydrogen-bond acceptors (Lipinski definition) is 0. The van der Waals surface area contributed by atoms with Crippen LogP contribution < -0.4 is 15.6 Å². The smallest absolute Gasteiger partial charge is 0.0623 e. The summed E-state index contributed by atoms with van der Waals surface area (Å²) in [5.74, 6) is 0. The summed E-state index contributed by atoms with van der Waals surface area (Å²) in [7, 11) is -1.11. The molecule has 0 N–H and O–H groups in total. The molecule has 0 fully saturated rings. The van der Waals surface area contributed by atoms with Crippen molar-refractivity contribution in [2.75, 3.05) is 0 Å². The fourth-order valence-corrected chi connectivity index (χ4v) is 7.69. The molecule has 0 saturated carbocycles. The van der Waals surface area contributed by atoms with Crippen LogP contribution in [0.25, 0.3) is 0 Å². The van der Waals surface area contributed by atoms with Gasteiger partial charge in [0.1, 0.15) is 0 Å². The third-order valence-corrected chi connectivity index (χ3v) is 9.53. The van der Waals surface area contributed by atoms with Crippen molar-refractivity contribution in [2.45, 2.75) is 0 Å². The molecular formula is C18H12Br3Si. The molecular weight excluding hydrogens is 484 g/mol. The molecule has 0 aromatic heterocycles. The Labute approximate surface area is 157 Å². The van der Waals surface area contributed by atoms with Gasteiger partial charge in [-0.2, -0.15) is 0 Å². The van der Waals surface area contributed by atoms with E-state index in [1.165, 1.54) is 15.6 Å². The minimum absolute atomic E-state index is 1.11. The van der Waals surface area contributed by atoms with E-state index >= 15 is 0 Å². The normalized spacial score (nSPS) is 10.9. The molecule has 0 aliphatic carbocycles. The summed E-state index contributed by atoms with van der Waals surface area (Å²) in [5, 5.41) is 4.06. The van der Waals surface area contributed by atoms with Gasteiger partial charge in [0.15, 0.2) is 8.80 Å². The summed E-state index contributed by atoms with van der Waals surface area (Å²) in [5.41, 5.74) is 0. The Morgan fingerprint density at radius 1 is 0.455 bits per heavy atom. The first-order chi connectivity index (χ1) is 10.7. The van der Waals surface area contributed by atoms with Gasteiger partial charge >= 0.3 is 0 Å². The molecule has 1 radical (unpaired) electrons. The molecule has 0 amide bonds. The van der Waals surface area contributed by atoms with Crippen LogP contribution in [0.5, 0.6) is 0 Å². The van der Waals surface area contributed by atoms with Crippen LogP contribution in [0.4, 0.5) is 0 Å². The van der Waals surface area contributed by atoms with E-state index in [2.05, 4.69) is 121 Å². The summed E-state index contributed by atoms with van der Waals surface area (Å²) >= 11 is 11.2.